The van der Waals surface area contributed by atoms with Crippen molar-refractivity contribution in [2.24, 2.45) is 0 Å². The molecule has 32 heavy (non-hydrogen) atoms. The maximum Gasteiger partial charge on any atom is 0.244 e. The van der Waals surface area contributed by atoms with Gasteiger partial charge in [0.25, 0.3) is 0 Å². The van der Waals surface area contributed by atoms with Gasteiger partial charge in [0.15, 0.2) is 9.84 Å². The SMILES string of the molecule is O=C(CN1C(=O)C[C@H](c2ccccc2)S(=O)(=O)c2ccccc21)Nc1ccc(F)cc1F. The van der Waals surface area contributed by atoms with Crippen LogP contribution in [0.5, 0.6) is 0 Å². The second kappa shape index (κ2) is 8.51. The van der Waals surface area contributed by atoms with Crippen molar-refractivity contribution in [3.63, 3.8) is 0 Å². The van der Waals surface area contributed by atoms with E-state index in [1.165, 1.54) is 12.1 Å². The van der Waals surface area contributed by atoms with Crippen molar-refractivity contribution in [3.05, 3.63) is 90.0 Å². The van der Waals surface area contributed by atoms with E-state index in [-0.39, 0.29) is 22.7 Å². The Morgan fingerprint density at radius 3 is 2.41 bits per heavy atom. The Morgan fingerprint density at radius 1 is 1.00 bits per heavy atom. The summed E-state index contributed by atoms with van der Waals surface area (Å²) in [6, 6.07) is 17.0. The summed E-state index contributed by atoms with van der Waals surface area (Å²) < 4.78 is 53.8. The quantitative estimate of drug-likeness (QED) is 0.646. The van der Waals surface area contributed by atoms with Crippen LogP contribution < -0.4 is 10.2 Å². The molecule has 1 aliphatic rings. The number of hydrogen-bond acceptors (Lipinski definition) is 4. The minimum Gasteiger partial charge on any atom is -0.322 e. The standard InChI is InChI=1S/C23H18F2N2O4S/c24-16-10-11-18(17(25)12-16)26-22(28)14-27-19-8-4-5-9-20(19)32(30,31)21(13-23(27)29)15-6-2-1-3-7-15/h1-12,21H,13-14H2,(H,26,28)/t21-/m1/s1. The molecule has 1 N–H and O–H groups in total. The average Bonchev–Trinajstić information content (AvgIpc) is 2.85. The molecule has 0 fully saturated rings. The summed E-state index contributed by atoms with van der Waals surface area (Å²) in [7, 11) is -3.94. The highest BCUT2D eigenvalue weighted by Crippen LogP contribution is 2.40. The van der Waals surface area contributed by atoms with E-state index in [9.17, 15) is 26.8 Å². The van der Waals surface area contributed by atoms with Gasteiger partial charge in [-0.3, -0.25) is 9.59 Å². The minimum atomic E-state index is -3.94. The summed E-state index contributed by atoms with van der Waals surface area (Å²) in [5, 5.41) is 1.19. The second-order valence-electron chi connectivity index (χ2n) is 7.27. The first-order valence-corrected chi connectivity index (χ1v) is 11.2. The molecular weight excluding hydrogens is 438 g/mol. The number of nitrogens with zero attached hydrogens (tertiary/aromatic N) is 1. The van der Waals surface area contributed by atoms with Gasteiger partial charge < -0.3 is 10.2 Å². The number of benzene rings is 3. The summed E-state index contributed by atoms with van der Waals surface area (Å²) in [5.41, 5.74) is 0.294. The maximum atomic E-state index is 13.9. The van der Waals surface area contributed by atoms with E-state index < -0.39 is 45.1 Å². The number of hydrogen-bond donors (Lipinski definition) is 1. The maximum absolute atomic E-state index is 13.9. The number of halogens is 2. The third-order valence-electron chi connectivity index (χ3n) is 5.18. The zero-order chi connectivity index (χ0) is 22.9. The fourth-order valence-corrected chi connectivity index (χ4v) is 5.57. The van der Waals surface area contributed by atoms with E-state index in [4.69, 9.17) is 0 Å². The van der Waals surface area contributed by atoms with Crippen LogP contribution in [0, 0.1) is 11.6 Å². The highest BCUT2D eigenvalue weighted by Gasteiger charge is 2.39. The number of para-hydroxylation sites is 1. The first kappa shape index (κ1) is 21.6. The smallest absolute Gasteiger partial charge is 0.244 e. The molecule has 0 saturated carbocycles. The summed E-state index contributed by atoms with van der Waals surface area (Å²) >= 11 is 0. The minimum absolute atomic E-state index is 0.0690. The summed E-state index contributed by atoms with van der Waals surface area (Å²) in [6.45, 7) is -0.538. The first-order valence-electron chi connectivity index (χ1n) is 9.70. The van der Waals surface area contributed by atoms with Crippen molar-refractivity contribution in [2.45, 2.75) is 16.6 Å². The number of rotatable bonds is 4. The van der Waals surface area contributed by atoms with E-state index in [0.29, 0.717) is 11.6 Å². The third-order valence-corrected chi connectivity index (χ3v) is 7.32. The van der Waals surface area contributed by atoms with Gasteiger partial charge in [0, 0.05) is 12.5 Å². The Balaban J connectivity index is 1.69. The molecule has 6 nitrogen and oxygen atoms in total. The second-order valence-corrected chi connectivity index (χ2v) is 9.37. The number of nitrogens with one attached hydrogen (secondary N) is 1. The van der Waals surface area contributed by atoms with Crippen LogP contribution in [-0.2, 0) is 19.4 Å². The van der Waals surface area contributed by atoms with Crippen molar-refractivity contribution in [2.75, 3.05) is 16.8 Å². The van der Waals surface area contributed by atoms with E-state index in [1.54, 1.807) is 42.5 Å². The van der Waals surface area contributed by atoms with Crippen LogP contribution in [-0.4, -0.2) is 26.8 Å². The molecule has 0 bridgehead atoms. The molecule has 1 aliphatic heterocycles. The molecule has 0 unspecified atom stereocenters. The van der Waals surface area contributed by atoms with Crippen LogP contribution in [0.1, 0.15) is 17.2 Å². The van der Waals surface area contributed by atoms with Gasteiger partial charge in [0.05, 0.1) is 21.5 Å². The van der Waals surface area contributed by atoms with Gasteiger partial charge in [-0.25, -0.2) is 17.2 Å². The summed E-state index contributed by atoms with van der Waals surface area (Å²) in [5.74, 6) is -3.08. The van der Waals surface area contributed by atoms with Gasteiger partial charge in [-0.15, -0.1) is 0 Å². The van der Waals surface area contributed by atoms with E-state index in [0.717, 1.165) is 17.0 Å². The van der Waals surface area contributed by atoms with Gasteiger partial charge in [0.1, 0.15) is 18.2 Å². The predicted octanol–water partition coefficient (Wildman–Crippen LogP) is 3.86. The lowest BCUT2D eigenvalue weighted by molar-refractivity contribution is -0.121. The molecule has 1 heterocycles. The molecule has 0 radical (unpaired) electrons. The molecule has 0 aliphatic carbocycles. The fraction of sp³-hybridized carbons (Fsp3) is 0.130. The van der Waals surface area contributed by atoms with Crippen LogP contribution >= 0.6 is 0 Å². The third kappa shape index (κ3) is 4.11. The molecule has 9 heteroatoms. The largest absolute Gasteiger partial charge is 0.322 e. The van der Waals surface area contributed by atoms with Crippen molar-refractivity contribution in [1.82, 2.24) is 0 Å². The Hall–Kier alpha value is -3.59. The van der Waals surface area contributed by atoms with Crippen molar-refractivity contribution in [1.29, 1.82) is 0 Å². The molecular formula is C23H18F2N2O4S. The number of fused-ring (bicyclic) bond motifs is 1. The van der Waals surface area contributed by atoms with Crippen LogP contribution in [0.25, 0.3) is 0 Å². The Bertz CT molecular complexity index is 1300. The Morgan fingerprint density at radius 2 is 1.69 bits per heavy atom. The molecule has 0 aromatic heterocycles. The Kier molecular flexibility index (Phi) is 5.75. The monoisotopic (exact) mass is 456 g/mol. The molecule has 3 aromatic carbocycles. The highest BCUT2D eigenvalue weighted by molar-refractivity contribution is 7.92. The number of carbonyl (C=O) groups is 2. The van der Waals surface area contributed by atoms with Crippen LogP contribution in [0.15, 0.2) is 77.7 Å². The molecule has 2 amide bonds. The van der Waals surface area contributed by atoms with Crippen LogP contribution in [0.4, 0.5) is 20.2 Å². The molecule has 4 rings (SSSR count). The van der Waals surface area contributed by atoms with Gasteiger partial charge >= 0.3 is 0 Å². The number of anilines is 2. The lowest BCUT2D eigenvalue weighted by Gasteiger charge is -2.22. The van der Waals surface area contributed by atoms with Crippen LogP contribution in [0.2, 0.25) is 0 Å². The van der Waals surface area contributed by atoms with Gasteiger partial charge in [-0.1, -0.05) is 42.5 Å². The first-order chi connectivity index (χ1) is 15.3. The van der Waals surface area contributed by atoms with Gasteiger partial charge in [-0.05, 0) is 29.8 Å². The lowest BCUT2D eigenvalue weighted by atomic mass is 10.1. The number of amides is 2. The van der Waals surface area contributed by atoms with Crippen molar-refractivity contribution >= 4 is 33.0 Å². The zero-order valence-electron chi connectivity index (χ0n) is 16.7. The summed E-state index contributed by atoms with van der Waals surface area (Å²) in [4.78, 5) is 26.7. The van der Waals surface area contributed by atoms with Gasteiger partial charge in [-0.2, -0.15) is 0 Å². The topological polar surface area (TPSA) is 83.6 Å². The fourth-order valence-electron chi connectivity index (χ4n) is 3.65. The molecule has 3 aromatic rings. The lowest BCUT2D eigenvalue weighted by Crippen LogP contribution is -2.38. The average molecular weight is 456 g/mol. The van der Waals surface area contributed by atoms with Gasteiger partial charge in [0.2, 0.25) is 11.8 Å². The van der Waals surface area contributed by atoms with Crippen molar-refractivity contribution in [3.8, 4) is 0 Å². The molecule has 0 spiro atoms. The predicted molar refractivity (Wildman–Crippen MR) is 115 cm³/mol. The molecule has 164 valence electrons. The molecule has 0 saturated heterocycles. The Labute approximate surface area is 183 Å². The van der Waals surface area contributed by atoms with E-state index >= 15 is 0 Å². The zero-order valence-corrected chi connectivity index (χ0v) is 17.5. The molecule has 1 atom stereocenters. The summed E-state index contributed by atoms with van der Waals surface area (Å²) in [6.07, 6.45) is -0.362. The van der Waals surface area contributed by atoms with Crippen molar-refractivity contribution < 1.29 is 26.8 Å². The normalized spacial score (nSPS) is 17.4. The number of carbonyl (C=O) groups excluding carboxylic acids is 2. The highest BCUT2D eigenvalue weighted by atomic mass is 32.2. The number of sulfone groups is 1. The van der Waals surface area contributed by atoms with E-state index in [1.807, 2.05) is 0 Å². The van der Waals surface area contributed by atoms with E-state index in [2.05, 4.69) is 5.32 Å². The van der Waals surface area contributed by atoms with Crippen LogP contribution in [0.3, 0.4) is 0 Å².